The molecule has 0 aromatic heterocycles. The van der Waals surface area contributed by atoms with Gasteiger partial charge in [0.15, 0.2) is 0 Å². The number of phosphoric ester groups is 1. The topological polar surface area (TPSA) is 111 Å². The van der Waals surface area contributed by atoms with Gasteiger partial charge in [-0.3, -0.25) is 18.6 Å². The molecular formula is C56H112N2O7P+. The fourth-order valence-electron chi connectivity index (χ4n) is 8.53. The Balaban J connectivity index is 5.35. The minimum atomic E-state index is -4.43. The van der Waals surface area contributed by atoms with E-state index in [-0.39, 0.29) is 25.1 Å². The van der Waals surface area contributed by atoms with Crippen LogP contribution in [0.3, 0.4) is 0 Å². The van der Waals surface area contributed by atoms with Crippen molar-refractivity contribution < 1.29 is 37.3 Å². The molecule has 0 bridgehead atoms. The van der Waals surface area contributed by atoms with Crippen LogP contribution in [-0.4, -0.2) is 74.3 Å². The number of phosphoric acid groups is 1. The molecule has 0 aromatic carbocycles. The smallest absolute Gasteiger partial charge is 0.456 e. The van der Waals surface area contributed by atoms with Gasteiger partial charge in [0.1, 0.15) is 19.3 Å². The summed E-state index contributed by atoms with van der Waals surface area (Å²) < 4.78 is 30.6. The fourth-order valence-corrected chi connectivity index (χ4v) is 9.27. The summed E-state index contributed by atoms with van der Waals surface area (Å²) in [6.07, 6.45) is 51.9. The summed E-state index contributed by atoms with van der Waals surface area (Å²) in [7, 11) is 1.51. The molecule has 9 nitrogen and oxygen atoms in total. The quantitative estimate of drug-likeness (QED) is 0.0205. The van der Waals surface area contributed by atoms with Crippen molar-refractivity contribution in [1.29, 1.82) is 0 Å². The molecule has 0 rings (SSSR count). The highest BCUT2D eigenvalue weighted by atomic mass is 31.2. The van der Waals surface area contributed by atoms with Crippen LogP contribution in [0.15, 0.2) is 12.2 Å². The monoisotopic (exact) mass is 956 g/mol. The predicted molar refractivity (Wildman–Crippen MR) is 282 cm³/mol. The lowest BCUT2D eigenvalue weighted by Gasteiger charge is -2.27. The Morgan fingerprint density at radius 3 is 1.24 bits per heavy atom. The Labute approximate surface area is 410 Å². The second-order valence-electron chi connectivity index (χ2n) is 20.8. The first-order chi connectivity index (χ1) is 31.9. The molecule has 1 amide bonds. The number of nitrogens with one attached hydrogen (secondary N) is 1. The highest BCUT2D eigenvalue weighted by Crippen LogP contribution is 2.43. The molecule has 2 N–H and O–H groups in total. The van der Waals surface area contributed by atoms with E-state index in [1.54, 1.807) is 0 Å². The van der Waals surface area contributed by atoms with Crippen molar-refractivity contribution in [3.05, 3.63) is 12.2 Å². The van der Waals surface area contributed by atoms with E-state index in [1.165, 1.54) is 193 Å². The van der Waals surface area contributed by atoms with E-state index < -0.39 is 20.0 Å². The maximum Gasteiger partial charge on any atom is 0.472 e. The zero-order chi connectivity index (χ0) is 48.7. The molecule has 3 unspecified atom stereocenters. The van der Waals surface area contributed by atoms with E-state index in [0.29, 0.717) is 23.9 Å². The Bertz CT molecular complexity index is 1150. The van der Waals surface area contributed by atoms with E-state index in [1.807, 2.05) is 33.3 Å². The largest absolute Gasteiger partial charge is 0.472 e. The molecular weight excluding hydrogens is 844 g/mol. The van der Waals surface area contributed by atoms with Crippen molar-refractivity contribution in [1.82, 2.24) is 5.32 Å². The Morgan fingerprint density at radius 2 is 0.864 bits per heavy atom. The van der Waals surface area contributed by atoms with E-state index in [9.17, 15) is 19.0 Å². The van der Waals surface area contributed by atoms with Crippen molar-refractivity contribution in [2.45, 2.75) is 296 Å². The van der Waals surface area contributed by atoms with Crippen LogP contribution in [0.5, 0.6) is 0 Å². The van der Waals surface area contributed by atoms with Crippen molar-refractivity contribution in [2.75, 3.05) is 40.9 Å². The summed E-state index contributed by atoms with van der Waals surface area (Å²) in [4.78, 5) is 37.5. The van der Waals surface area contributed by atoms with Crippen molar-refractivity contribution in [2.24, 2.45) is 0 Å². The number of rotatable bonds is 52. The summed E-state index contributed by atoms with van der Waals surface area (Å²) in [5, 5.41) is 3.05. The molecule has 0 saturated carbocycles. The van der Waals surface area contributed by atoms with Crippen LogP contribution in [0.4, 0.5) is 0 Å². The number of quaternary nitrogens is 1. The first kappa shape index (κ1) is 64.8. The first-order valence-corrected chi connectivity index (χ1v) is 30.0. The molecule has 392 valence electrons. The van der Waals surface area contributed by atoms with Crippen LogP contribution >= 0.6 is 7.82 Å². The summed E-state index contributed by atoms with van der Waals surface area (Å²) >= 11 is 0. The molecule has 0 heterocycles. The molecule has 66 heavy (non-hydrogen) atoms. The summed E-state index contributed by atoms with van der Waals surface area (Å²) in [5.41, 5.74) is 0. The number of amides is 1. The molecule has 0 aromatic rings. The number of allylic oxidation sites excluding steroid dienone is 1. The van der Waals surface area contributed by atoms with E-state index >= 15 is 0 Å². The first-order valence-electron chi connectivity index (χ1n) is 28.5. The predicted octanol–water partition coefficient (Wildman–Crippen LogP) is 16.8. The number of esters is 1. The standard InChI is InChI=1S/C56H111N2O7P/c1-7-10-13-16-19-22-25-28-31-33-36-39-42-45-48-55(59)57-53(52-64-66(61,62)63-51-50-58(4,5)6)54(47-44-41-38-35-32-29-26-23-20-17-14-11-8-2)65-56(60)49-46-43-40-37-34-30-27-24-21-18-15-12-9-3/h44,47,53-54H,7-43,45-46,48-52H2,1-6H3,(H-,57,59,61,62)/p+1/b47-44+. The Morgan fingerprint density at radius 1 is 0.515 bits per heavy atom. The van der Waals surface area contributed by atoms with Crippen LogP contribution in [-0.2, 0) is 27.9 Å². The van der Waals surface area contributed by atoms with Gasteiger partial charge in [0.2, 0.25) is 5.91 Å². The summed E-state index contributed by atoms with van der Waals surface area (Å²) in [5.74, 6) is -0.488. The fraction of sp³-hybridized carbons (Fsp3) is 0.929. The number of ether oxygens (including phenoxy) is 1. The number of likely N-dealkylation sites (N-methyl/N-ethyl adjacent to an activating group) is 1. The van der Waals surface area contributed by atoms with Gasteiger partial charge < -0.3 is 19.4 Å². The average Bonchev–Trinajstić information content (AvgIpc) is 3.27. The maximum atomic E-state index is 13.5. The molecule has 0 aliphatic heterocycles. The second kappa shape index (κ2) is 47.4. The lowest BCUT2D eigenvalue weighted by molar-refractivity contribution is -0.870. The molecule has 0 aliphatic carbocycles. The Kier molecular flexibility index (Phi) is 46.5. The maximum absolute atomic E-state index is 13.5. The van der Waals surface area contributed by atoms with E-state index in [2.05, 4.69) is 26.1 Å². The third-order valence-electron chi connectivity index (χ3n) is 13.0. The molecule has 0 saturated heterocycles. The van der Waals surface area contributed by atoms with Crippen molar-refractivity contribution >= 4 is 19.7 Å². The SMILES string of the molecule is CCCCCCCCCCCCC/C=C/C(OC(=O)CCCCCCCCCCCCCCC)C(COP(=O)(O)OCC[N+](C)(C)C)NC(=O)CCCCCCCCCCCCCCCC. The number of carbonyl (C=O) groups excluding carboxylic acids is 2. The van der Waals surface area contributed by atoms with Crippen LogP contribution < -0.4 is 5.32 Å². The van der Waals surface area contributed by atoms with Crippen LogP contribution in [0, 0.1) is 0 Å². The van der Waals surface area contributed by atoms with Gasteiger partial charge in [-0.1, -0.05) is 252 Å². The molecule has 0 fully saturated rings. The molecule has 0 radical (unpaired) electrons. The van der Waals surface area contributed by atoms with Crippen LogP contribution in [0.1, 0.15) is 284 Å². The normalized spacial score (nSPS) is 13.9. The minimum Gasteiger partial charge on any atom is -0.456 e. The molecule has 3 atom stereocenters. The third-order valence-corrected chi connectivity index (χ3v) is 14.0. The van der Waals surface area contributed by atoms with Gasteiger partial charge in [-0.15, -0.1) is 0 Å². The zero-order valence-electron chi connectivity index (χ0n) is 44.7. The van der Waals surface area contributed by atoms with Gasteiger partial charge in [-0.2, -0.15) is 0 Å². The number of unbranched alkanes of at least 4 members (excludes halogenated alkanes) is 36. The van der Waals surface area contributed by atoms with Crippen LogP contribution in [0.2, 0.25) is 0 Å². The van der Waals surface area contributed by atoms with Crippen molar-refractivity contribution in [3.8, 4) is 0 Å². The van der Waals surface area contributed by atoms with E-state index in [4.69, 9.17) is 13.8 Å². The van der Waals surface area contributed by atoms with Gasteiger partial charge in [0.25, 0.3) is 0 Å². The highest BCUT2D eigenvalue weighted by molar-refractivity contribution is 7.47. The minimum absolute atomic E-state index is 0.0455. The average molecular weight is 956 g/mol. The second-order valence-corrected chi connectivity index (χ2v) is 22.3. The van der Waals surface area contributed by atoms with Crippen molar-refractivity contribution in [3.63, 3.8) is 0 Å². The van der Waals surface area contributed by atoms with Gasteiger partial charge in [0, 0.05) is 12.8 Å². The molecule has 0 aliphatic rings. The zero-order valence-corrected chi connectivity index (χ0v) is 45.6. The van der Waals surface area contributed by atoms with Gasteiger partial charge in [-0.25, -0.2) is 4.57 Å². The lowest BCUT2D eigenvalue weighted by Crippen LogP contribution is -2.47. The van der Waals surface area contributed by atoms with Gasteiger partial charge in [0.05, 0.1) is 33.8 Å². The third kappa shape index (κ3) is 47.8. The van der Waals surface area contributed by atoms with Gasteiger partial charge in [-0.05, 0) is 31.8 Å². The number of nitrogens with zero attached hydrogens (tertiary/aromatic N) is 1. The van der Waals surface area contributed by atoms with E-state index in [0.717, 1.165) is 57.8 Å². The summed E-state index contributed by atoms with van der Waals surface area (Å²) in [6, 6.07) is -0.837. The molecule has 0 spiro atoms. The highest BCUT2D eigenvalue weighted by Gasteiger charge is 2.30. The number of hydrogen-bond donors (Lipinski definition) is 2. The lowest BCUT2D eigenvalue weighted by atomic mass is 10.0. The number of hydrogen-bond acceptors (Lipinski definition) is 6. The Hall–Kier alpha value is -1.25. The number of carbonyl (C=O) groups is 2. The van der Waals surface area contributed by atoms with Gasteiger partial charge >= 0.3 is 13.8 Å². The summed E-state index contributed by atoms with van der Waals surface area (Å²) in [6.45, 7) is 7.04. The van der Waals surface area contributed by atoms with Crippen LogP contribution in [0.25, 0.3) is 0 Å². The molecule has 10 heteroatoms.